The van der Waals surface area contributed by atoms with E-state index in [0.717, 1.165) is 0 Å². The monoisotopic (exact) mass is 427 g/mol. The highest BCUT2D eigenvalue weighted by Crippen LogP contribution is 2.38. The molecular formula is C18H13F2O8S-. The summed E-state index contributed by atoms with van der Waals surface area (Å²) in [6.07, 6.45) is 6.69. The Balaban J connectivity index is 1.65. The lowest BCUT2D eigenvalue weighted by Gasteiger charge is -2.29. The molecule has 0 aromatic heterocycles. The summed E-state index contributed by atoms with van der Waals surface area (Å²) in [6.45, 7) is -0.930. The van der Waals surface area contributed by atoms with Crippen molar-refractivity contribution in [2.24, 2.45) is 11.8 Å². The number of hydrogen-bond donors (Lipinski definition) is 0. The quantitative estimate of drug-likeness (QED) is 0.202. The van der Waals surface area contributed by atoms with E-state index < -0.39 is 41.7 Å². The molecule has 2 unspecified atom stereocenters. The van der Waals surface area contributed by atoms with Crippen LogP contribution in [-0.2, 0) is 18.9 Å². The van der Waals surface area contributed by atoms with Crippen LogP contribution < -0.4 is 9.99 Å². The highest BCUT2D eigenvalue weighted by atomic mass is 32.2. The predicted octanol–water partition coefficient (Wildman–Crippen LogP) is 1.81. The van der Waals surface area contributed by atoms with Crippen LogP contribution >= 0.6 is 12.0 Å². The van der Waals surface area contributed by atoms with Gasteiger partial charge in [0.25, 0.3) is 0 Å². The predicted molar refractivity (Wildman–Crippen MR) is 91.5 cm³/mol. The summed E-state index contributed by atoms with van der Waals surface area (Å²) < 4.78 is 39.7. The van der Waals surface area contributed by atoms with Crippen molar-refractivity contribution in [1.82, 2.24) is 0 Å². The molecule has 2 aliphatic rings. The fourth-order valence-corrected chi connectivity index (χ4v) is 3.27. The minimum Gasteiger partial charge on any atom is -0.691 e. The van der Waals surface area contributed by atoms with E-state index in [1.165, 1.54) is 18.2 Å². The number of alkyl halides is 2. The lowest BCUT2D eigenvalue weighted by Crippen LogP contribution is -2.35. The summed E-state index contributed by atoms with van der Waals surface area (Å²) in [7, 11) is 0. The number of rotatable bonds is 8. The summed E-state index contributed by atoms with van der Waals surface area (Å²) >= 11 is -0.807. The maximum Gasteiger partial charge on any atom is 0.415 e. The van der Waals surface area contributed by atoms with E-state index in [-0.39, 0.29) is 35.0 Å². The molecule has 1 aromatic carbocycles. The fraction of sp³-hybridized carbons (Fsp3) is 0.278. The van der Waals surface area contributed by atoms with Crippen LogP contribution in [0.5, 0.6) is 5.75 Å². The van der Waals surface area contributed by atoms with Gasteiger partial charge in [0, 0.05) is 5.56 Å². The number of ether oxygens (including phenoxy) is 2. The number of Topliss-reactive ketones (excluding diaryl/α,β-unsaturated/α-hetero) is 2. The Bertz CT molecular complexity index is 883. The molecule has 11 heteroatoms. The van der Waals surface area contributed by atoms with Crippen LogP contribution in [0.2, 0.25) is 0 Å². The molecule has 1 aromatic rings. The third-order valence-electron chi connectivity index (χ3n) is 4.26. The number of hydrogen-bond acceptors (Lipinski definition) is 9. The SMILES string of the molecule is O=C1c2cccc(OCCOC(=O)C(F)(F)SOO[O-])c2C(=O)C2C=CC=CC12. The first-order chi connectivity index (χ1) is 13.9. The highest BCUT2D eigenvalue weighted by molar-refractivity contribution is 7.96. The largest absolute Gasteiger partial charge is 0.691 e. The summed E-state index contributed by atoms with van der Waals surface area (Å²) in [4.78, 5) is 36.8. The van der Waals surface area contributed by atoms with E-state index in [1.807, 2.05) is 0 Å². The number of ketones is 2. The maximum absolute atomic E-state index is 13.2. The molecule has 0 N–H and O–H groups in total. The molecular weight excluding hydrogens is 414 g/mol. The molecule has 0 radical (unpaired) electrons. The first-order valence-corrected chi connectivity index (χ1v) is 8.99. The minimum absolute atomic E-state index is 0.0857. The van der Waals surface area contributed by atoms with Crippen molar-refractivity contribution < 1.29 is 47.3 Å². The van der Waals surface area contributed by atoms with Gasteiger partial charge in [0.2, 0.25) is 0 Å². The van der Waals surface area contributed by atoms with Crippen LogP contribution in [0, 0.1) is 11.8 Å². The zero-order chi connectivity index (χ0) is 21.0. The van der Waals surface area contributed by atoms with Crippen molar-refractivity contribution >= 4 is 29.6 Å². The van der Waals surface area contributed by atoms with Gasteiger partial charge >= 0.3 is 11.2 Å². The normalized spacial score (nSPS) is 20.2. The van der Waals surface area contributed by atoms with Crippen molar-refractivity contribution in [2.45, 2.75) is 5.25 Å². The van der Waals surface area contributed by atoms with Crippen LogP contribution in [0.3, 0.4) is 0 Å². The molecule has 2 aliphatic carbocycles. The average molecular weight is 427 g/mol. The standard InChI is InChI=1S/C18H14F2O8S/c19-18(20,29-28-27-24)17(23)26-9-8-25-13-7-3-6-12-14(13)16(22)11-5-2-1-4-10(11)15(12)21/h1-7,10-11,24H,8-9H2/p-1. The first-order valence-electron chi connectivity index (χ1n) is 8.25. The number of fused-ring (bicyclic) bond motifs is 2. The number of halogens is 2. The van der Waals surface area contributed by atoms with Crippen LogP contribution in [0.1, 0.15) is 20.7 Å². The molecule has 0 saturated carbocycles. The Morgan fingerprint density at radius 2 is 1.79 bits per heavy atom. The van der Waals surface area contributed by atoms with Gasteiger partial charge in [-0.15, -0.1) is 0 Å². The average Bonchev–Trinajstić information content (AvgIpc) is 2.73. The van der Waals surface area contributed by atoms with Gasteiger partial charge in [-0.05, 0) is 6.07 Å². The van der Waals surface area contributed by atoms with Crippen LogP contribution in [0.25, 0.3) is 0 Å². The lowest BCUT2D eigenvalue weighted by atomic mass is 9.72. The molecule has 0 bridgehead atoms. The molecule has 0 aliphatic heterocycles. The second-order valence-electron chi connectivity index (χ2n) is 5.95. The van der Waals surface area contributed by atoms with Crippen molar-refractivity contribution in [3.05, 3.63) is 53.6 Å². The van der Waals surface area contributed by atoms with Gasteiger partial charge in [-0.25, -0.2) is 4.79 Å². The van der Waals surface area contributed by atoms with Gasteiger partial charge in [0.15, 0.2) is 11.6 Å². The summed E-state index contributed by atoms with van der Waals surface area (Å²) in [5, 5.41) is 8.16. The van der Waals surface area contributed by atoms with Crippen LogP contribution in [-0.4, -0.2) is 36.0 Å². The molecule has 3 rings (SSSR count). The molecule has 0 fully saturated rings. The first kappa shape index (κ1) is 21.1. The Kier molecular flexibility index (Phi) is 6.42. The molecule has 0 amide bonds. The third kappa shape index (κ3) is 4.37. The molecule has 8 nitrogen and oxygen atoms in total. The second kappa shape index (κ2) is 8.82. The van der Waals surface area contributed by atoms with Crippen LogP contribution in [0.4, 0.5) is 8.78 Å². The zero-order valence-electron chi connectivity index (χ0n) is 14.5. The van der Waals surface area contributed by atoms with Gasteiger partial charge in [-0.1, -0.05) is 36.4 Å². The van der Waals surface area contributed by atoms with E-state index in [2.05, 4.69) is 14.1 Å². The molecule has 0 saturated heterocycles. The lowest BCUT2D eigenvalue weighted by molar-refractivity contribution is -0.777. The number of allylic oxidation sites excluding steroid dienone is 4. The topological polar surface area (TPSA) is 111 Å². The van der Waals surface area contributed by atoms with Gasteiger partial charge in [0.05, 0.1) is 17.4 Å². The van der Waals surface area contributed by atoms with Crippen molar-refractivity contribution in [3.8, 4) is 5.75 Å². The van der Waals surface area contributed by atoms with E-state index in [4.69, 9.17) is 4.74 Å². The molecule has 0 heterocycles. The van der Waals surface area contributed by atoms with Gasteiger partial charge in [-0.3, -0.25) is 14.6 Å². The summed E-state index contributed by atoms with van der Waals surface area (Å²) in [5.41, 5.74) is 0.315. The summed E-state index contributed by atoms with van der Waals surface area (Å²) in [5.74, 6) is -3.61. The van der Waals surface area contributed by atoms with E-state index in [1.54, 1.807) is 24.3 Å². The van der Waals surface area contributed by atoms with Gasteiger partial charge in [-0.2, -0.15) is 13.1 Å². The Morgan fingerprint density at radius 1 is 1.10 bits per heavy atom. The zero-order valence-corrected chi connectivity index (χ0v) is 15.4. The molecule has 29 heavy (non-hydrogen) atoms. The molecule has 154 valence electrons. The van der Waals surface area contributed by atoms with Crippen molar-refractivity contribution in [1.29, 1.82) is 0 Å². The number of benzene rings is 1. The second-order valence-corrected chi connectivity index (χ2v) is 6.76. The van der Waals surface area contributed by atoms with Crippen LogP contribution in [0.15, 0.2) is 42.5 Å². The molecule has 0 spiro atoms. The fourth-order valence-electron chi connectivity index (χ4n) is 3.03. The maximum atomic E-state index is 13.2. The highest BCUT2D eigenvalue weighted by Gasteiger charge is 2.44. The number of carbonyl (C=O) groups excluding carboxylic acids is 3. The Morgan fingerprint density at radius 3 is 2.48 bits per heavy atom. The third-order valence-corrected chi connectivity index (χ3v) is 4.76. The number of carbonyl (C=O) groups is 3. The molecule has 2 atom stereocenters. The van der Waals surface area contributed by atoms with E-state index in [9.17, 15) is 28.4 Å². The van der Waals surface area contributed by atoms with E-state index in [0.29, 0.717) is 0 Å². The van der Waals surface area contributed by atoms with Gasteiger partial charge in [0.1, 0.15) is 31.0 Å². The van der Waals surface area contributed by atoms with Crippen molar-refractivity contribution in [3.63, 3.8) is 0 Å². The summed E-state index contributed by atoms with van der Waals surface area (Å²) in [6, 6.07) is 4.50. The van der Waals surface area contributed by atoms with E-state index >= 15 is 0 Å². The van der Waals surface area contributed by atoms with Gasteiger partial charge < -0.3 is 14.7 Å². The Labute approximate surface area is 167 Å². The minimum atomic E-state index is -4.16. The Hall–Kier alpha value is -2.60. The van der Waals surface area contributed by atoms with Crippen molar-refractivity contribution in [2.75, 3.05) is 13.2 Å². The smallest absolute Gasteiger partial charge is 0.415 e. The number of esters is 1.